The minimum absolute atomic E-state index is 0.0503. The van der Waals surface area contributed by atoms with Crippen molar-refractivity contribution >= 4 is 35.1 Å². The Balaban J connectivity index is 2.66. The molecule has 3 atom stereocenters. The first kappa shape index (κ1) is 14.9. The molecule has 0 saturated carbocycles. The Labute approximate surface area is 126 Å². The van der Waals surface area contributed by atoms with E-state index < -0.39 is 27.7 Å². The van der Waals surface area contributed by atoms with E-state index in [2.05, 4.69) is 0 Å². The van der Waals surface area contributed by atoms with E-state index in [0.29, 0.717) is 5.56 Å². The minimum Gasteiger partial charge on any atom is -0.368 e. The monoisotopic (exact) mass is 315 g/mol. The van der Waals surface area contributed by atoms with Gasteiger partial charge in [0, 0.05) is 6.54 Å². The van der Waals surface area contributed by atoms with E-state index in [9.17, 15) is 9.59 Å². The Morgan fingerprint density at radius 1 is 1.30 bits per heavy atom. The lowest BCUT2D eigenvalue weighted by atomic mass is 9.79. The predicted octanol–water partition coefficient (Wildman–Crippen LogP) is 1.37. The summed E-state index contributed by atoms with van der Waals surface area (Å²) in [5.74, 6) is -0.752. The fourth-order valence-corrected chi connectivity index (χ4v) is 3.60. The number of nitrogens with two attached hydrogens (primary N) is 2. The number of hydrogen-bond donors (Lipinski definition) is 2. The molecule has 3 amide bonds. The Bertz CT molecular complexity index is 554. The molecule has 20 heavy (non-hydrogen) atoms. The van der Waals surface area contributed by atoms with Gasteiger partial charge in [-0.05, 0) is 12.5 Å². The van der Waals surface area contributed by atoms with Crippen LogP contribution in [0.1, 0.15) is 12.5 Å². The zero-order valence-corrected chi connectivity index (χ0v) is 12.4. The quantitative estimate of drug-likeness (QED) is 0.807. The number of carbonyl (C=O) groups excluding carboxylic acids is 2. The van der Waals surface area contributed by atoms with Gasteiger partial charge in [-0.25, -0.2) is 4.79 Å². The molecule has 1 heterocycles. The third kappa shape index (κ3) is 1.77. The van der Waals surface area contributed by atoms with Gasteiger partial charge in [0.25, 0.3) is 0 Å². The third-order valence-corrected chi connectivity index (χ3v) is 5.39. The lowest BCUT2D eigenvalue weighted by Crippen LogP contribution is -2.63. The number of nitrogens with zero attached hydrogens (tertiary/aromatic N) is 1. The van der Waals surface area contributed by atoms with E-state index in [0.717, 1.165) is 4.90 Å². The largest absolute Gasteiger partial charge is 0.368 e. The van der Waals surface area contributed by atoms with Gasteiger partial charge in [-0.3, -0.25) is 4.79 Å². The van der Waals surface area contributed by atoms with Crippen molar-refractivity contribution in [1.82, 2.24) is 4.90 Å². The first-order chi connectivity index (χ1) is 9.26. The molecule has 0 aliphatic carbocycles. The average molecular weight is 316 g/mol. The van der Waals surface area contributed by atoms with Crippen LogP contribution in [0.25, 0.3) is 0 Å². The number of benzene rings is 1. The summed E-state index contributed by atoms with van der Waals surface area (Å²) >= 11 is 13.0. The Kier molecular flexibility index (Phi) is 3.60. The normalized spacial score (nSPS) is 33.1. The molecule has 5 nitrogen and oxygen atoms in total. The molecule has 0 radical (unpaired) electrons. The van der Waals surface area contributed by atoms with Crippen molar-refractivity contribution in [1.29, 1.82) is 0 Å². The maximum Gasteiger partial charge on any atom is 0.315 e. The number of rotatable bonds is 2. The van der Waals surface area contributed by atoms with Gasteiger partial charge >= 0.3 is 6.03 Å². The highest BCUT2D eigenvalue weighted by Gasteiger charge is 2.66. The first-order valence-electron chi connectivity index (χ1n) is 6.01. The minimum atomic E-state index is -1.51. The zero-order valence-electron chi connectivity index (χ0n) is 10.8. The Hall–Kier alpha value is -1.46. The highest BCUT2D eigenvalue weighted by Crippen LogP contribution is 2.52. The van der Waals surface area contributed by atoms with Crippen LogP contribution in [0, 0.1) is 0 Å². The van der Waals surface area contributed by atoms with Gasteiger partial charge in [0.05, 0.1) is 5.38 Å². The molecule has 1 aliphatic heterocycles. The molecule has 1 aromatic rings. The molecule has 0 spiro atoms. The van der Waals surface area contributed by atoms with Crippen molar-refractivity contribution in [2.24, 2.45) is 11.5 Å². The fraction of sp³-hybridized carbons (Fsp3) is 0.385. The number of hydrogen-bond acceptors (Lipinski definition) is 2. The molecule has 1 fully saturated rings. The number of likely N-dealkylation sites (tertiary alicyclic amines) is 1. The van der Waals surface area contributed by atoms with Crippen molar-refractivity contribution < 1.29 is 9.59 Å². The van der Waals surface area contributed by atoms with Crippen LogP contribution < -0.4 is 11.5 Å². The second-order valence-corrected chi connectivity index (χ2v) is 6.05. The van der Waals surface area contributed by atoms with Crippen LogP contribution in [0.15, 0.2) is 30.3 Å². The van der Waals surface area contributed by atoms with Crippen LogP contribution in [0.5, 0.6) is 0 Å². The molecular weight excluding hydrogens is 301 g/mol. The summed E-state index contributed by atoms with van der Waals surface area (Å²) in [6.07, 6.45) is 0. The topological polar surface area (TPSA) is 89.4 Å². The van der Waals surface area contributed by atoms with Crippen LogP contribution in [-0.4, -0.2) is 34.3 Å². The second kappa shape index (κ2) is 4.82. The van der Waals surface area contributed by atoms with Crippen molar-refractivity contribution in [2.75, 3.05) is 6.54 Å². The van der Waals surface area contributed by atoms with Gasteiger partial charge in [-0.2, -0.15) is 0 Å². The summed E-state index contributed by atoms with van der Waals surface area (Å²) in [6, 6.07) is 8.07. The fourth-order valence-electron chi connectivity index (χ4n) is 2.74. The van der Waals surface area contributed by atoms with E-state index in [-0.39, 0.29) is 6.54 Å². The van der Waals surface area contributed by atoms with E-state index in [1.54, 1.807) is 24.3 Å². The van der Waals surface area contributed by atoms with E-state index in [4.69, 9.17) is 34.7 Å². The van der Waals surface area contributed by atoms with Gasteiger partial charge in [0.1, 0.15) is 10.4 Å². The SMILES string of the molecule is CC1(C(N)=O)N(C(N)=O)CC(Cl)C1(Cl)c1ccccc1. The summed E-state index contributed by atoms with van der Waals surface area (Å²) in [4.78, 5) is 23.4. The van der Waals surface area contributed by atoms with E-state index in [1.807, 2.05) is 6.07 Å². The van der Waals surface area contributed by atoms with Crippen molar-refractivity contribution in [3.05, 3.63) is 35.9 Å². The molecule has 4 N–H and O–H groups in total. The third-order valence-electron chi connectivity index (χ3n) is 3.96. The number of alkyl halides is 2. The maximum atomic E-state index is 12.0. The van der Waals surface area contributed by atoms with E-state index in [1.165, 1.54) is 6.92 Å². The van der Waals surface area contributed by atoms with Crippen LogP contribution in [0.2, 0.25) is 0 Å². The van der Waals surface area contributed by atoms with Crippen LogP contribution >= 0.6 is 23.2 Å². The molecule has 0 aromatic heterocycles. The number of primary amides is 2. The summed E-state index contributed by atoms with van der Waals surface area (Å²) in [5.41, 5.74) is 9.95. The standard InChI is InChI=1S/C13H15Cl2N3O2/c1-12(10(16)19)13(15,8-5-3-2-4-6-8)9(14)7-18(12)11(17)20/h2-6,9H,7H2,1H3,(H2,16,19)(H2,17,20). The van der Waals surface area contributed by atoms with Crippen LogP contribution in [0.3, 0.4) is 0 Å². The lowest BCUT2D eigenvalue weighted by molar-refractivity contribution is -0.127. The number of halogens is 2. The summed E-state index contributed by atoms with van der Waals surface area (Å²) in [6.45, 7) is 1.54. The van der Waals surface area contributed by atoms with Gasteiger partial charge < -0.3 is 16.4 Å². The zero-order chi connectivity index (χ0) is 15.1. The molecule has 108 valence electrons. The van der Waals surface area contributed by atoms with Gasteiger partial charge in [0.2, 0.25) is 5.91 Å². The second-order valence-electron chi connectivity index (χ2n) is 4.93. The highest BCUT2D eigenvalue weighted by atomic mass is 35.5. The maximum absolute atomic E-state index is 12.0. The molecule has 1 aromatic carbocycles. The van der Waals surface area contributed by atoms with Gasteiger partial charge in [0.15, 0.2) is 0 Å². The average Bonchev–Trinajstić information content (AvgIpc) is 2.63. The molecule has 3 unspecified atom stereocenters. The Morgan fingerprint density at radius 3 is 2.30 bits per heavy atom. The van der Waals surface area contributed by atoms with Gasteiger partial charge in [-0.1, -0.05) is 30.3 Å². The number of amides is 3. The molecule has 7 heteroatoms. The van der Waals surface area contributed by atoms with Crippen molar-refractivity contribution in [2.45, 2.75) is 22.7 Å². The Morgan fingerprint density at radius 2 is 1.85 bits per heavy atom. The molecule has 2 rings (SSSR count). The molecule has 0 bridgehead atoms. The van der Waals surface area contributed by atoms with E-state index >= 15 is 0 Å². The highest BCUT2D eigenvalue weighted by molar-refractivity contribution is 6.35. The molecule has 1 saturated heterocycles. The smallest absolute Gasteiger partial charge is 0.315 e. The van der Waals surface area contributed by atoms with Crippen LogP contribution in [-0.2, 0) is 9.67 Å². The summed E-state index contributed by atoms with van der Waals surface area (Å²) < 4.78 is 0. The van der Waals surface area contributed by atoms with Crippen LogP contribution in [0.4, 0.5) is 4.79 Å². The number of urea groups is 1. The molecule has 1 aliphatic rings. The number of carbonyl (C=O) groups is 2. The van der Waals surface area contributed by atoms with Gasteiger partial charge in [-0.15, -0.1) is 23.2 Å². The lowest BCUT2D eigenvalue weighted by Gasteiger charge is -2.41. The summed E-state index contributed by atoms with van der Waals surface area (Å²) in [5, 5.41) is -0.698. The van der Waals surface area contributed by atoms with Crippen molar-refractivity contribution in [3.63, 3.8) is 0 Å². The van der Waals surface area contributed by atoms with Crippen molar-refractivity contribution in [3.8, 4) is 0 Å². The first-order valence-corrected chi connectivity index (χ1v) is 6.83. The molecular formula is C13H15Cl2N3O2. The summed E-state index contributed by atoms with van der Waals surface area (Å²) in [7, 11) is 0. The predicted molar refractivity (Wildman–Crippen MR) is 77.5 cm³/mol.